The van der Waals surface area contributed by atoms with Crippen molar-refractivity contribution in [3.8, 4) is 0 Å². The molecule has 8 heteroatoms. The number of rotatable bonds is 4. The van der Waals surface area contributed by atoms with Gasteiger partial charge in [-0.15, -0.1) is 0 Å². The van der Waals surface area contributed by atoms with Crippen molar-refractivity contribution >= 4 is 17.6 Å². The molecule has 2 heterocycles. The van der Waals surface area contributed by atoms with Crippen molar-refractivity contribution in [2.24, 2.45) is 0 Å². The Kier molecular flexibility index (Phi) is 6.08. The maximum absolute atomic E-state index is 14.8. The van der Waals surface area contributed by atoms with Gasteiger partial charge in [0, 0.05) is 13.1 Å². The van der Waals surface area contributed by atoms with Crippen LogP contribution in [0.5, 0.6) is 0 Å². The molecule has 4 nitrogen and oxygen atoms in total. The van der Waals surface area contributed by atoms with Crippen molar-refractivity contribution in [3.05, 3.63) is 64.6 Å². The molecule has 1 aliphatic rings. The summed E-state index contributed by atoms with van der Waals surface area (Å²) in [4.78, 5) is 18.4. The molecule has 0 atom stereocenters. The summed E-state index contributed by atoms with van der Waals surface area (Å²) >= 11 is 0. The molecule has 0 aliphatic carbocycles. The van der Waals surface area contributed by atoms with Crippen molar-refractivity contribution in [3.63, 3.8) is 0 Å². The highest BCUT2D eigenvalue weighted by Crippen LogP contribution is 2.27. The summed E-state index contributed by atoms with van der Waals surface area (Å²) in [6.07, 6.45) is 1.19. The molecule has 1 aliphatic heterocycles. The maximum atomic E-state index is 14.8. The van der Waals surface area contributed by atoms with E-state index in [2.05, 4.69) is 22.1 Å². The molecule has 28 heavy (non-hydrogen) atoms. The van der Waals surface area contributed by atoms with E-state index in [1.165, 1.54) is 18.2 Å². The lowest BCUT2D eigenvalue weighted by Gasteiger charge is -2.27. The Morgan fingerprint density at radius 3 is 2.50 bits per heavy atom. The smallest absolute Gasteiger partial charge is 0.259 e. The fraction of sp³-hybridized carbons (Fsp3) is 0.300. The van der Waals surface area contributed by atoms with Crippen LogP contribution in [0.4, 0.5) is 23.4 Å². The first kappa shape index (κ1) is 20.0. The van der Waals surface area contributed by atoms with Gasteiger partial charge in [-0.25, -0.2) is 22.5 Å². The molecule has 2 aromatic rings. The lowest BCUT2D eigenvalue weighted by Crippen LogP contribution is -2.30. The number of carbonyl (C=O) groups excluding carboxylic acids is 1. The van der Waals surface area contributed by atoms with Crippen LogP contribution in [-0.2, 0) is 0 Å². The molecule has 1 aromatic carbocycles. The highest BCUT2D eigenvalue weighted by atomic mass is 19.2. The second kappa shape index (κ2) is 8.52. The molecule has 1 amide bonds. The summed E-state index contributed by atoms with van der Waals surface area (Å²) in [5, 5.41) is 2.28. The Hall–Kier alpha value is -2.74. The van der Waals surface area contributed by atoms with E-state index in [9.17, 15) is 22.4 Å². The van der Waals surface area contributed by atoms with Crippen LogP contribution in [0.25, 0.3) is 5.83 Å². The highest BCUT2D eigenvalue weighted by Gasteiger charge is 2.20. The van der Waals surface area contributed by atoms with E-state index in [1.807, 2.05) is 0 Å². The Morgan fingerprint density at radius 1 is 1.11 bits per heavy atom. The van der Waals surface area contributed by atoms with E-state index in [1.54, 1.807) is 0 Å². The van der Waals surface area contributed by atoms with Gasteiger partial charge in [-0.3, -0.25) is 4.79 Å². The molecule has 0 unspecified atom stereocenters. The van der Waals surface area contributed by atoms with Gasteiger partial charge in [0.1, 0.15) is 17.3 Å². The molecule has 1 N–H and O–H groups in total. The summed E-state index contributed by atoms with van der Waals surface area (Å²) in [5.74, 6) is -6.19. The largest absolute Gasteiger partial charge is 0.306 e. The number of hydrogen-bond acceptors (Lipinski definition) is 3. The normalized spacial score (nSPS) is 14.8. The lowest BCUT2D eigenvalue weighted by atomic mass is 10.0. The van der Waals surface area contributed by atoms with Crippen LogP contribution >= 0.6 is 0 Å². The predicted molar refractivity (Wildman–Crippen MR) is 97.9 cm³/mol. The van der Waals surface area contributed by atoms with Crippen LogP contribution in [0.3, 0.4) is 0 Å². The number of nitrogens with zero attached hydrogens (tertiary/aromatic N) is 2. The summed E-state index contributed by atoms with van der Waals surface area (Å²) in [6.45, 7) is 4.50. The third kappa shape index (κ3) is 4.22. The van der Waals surface area contributed by atoms with Crippen molar-refractivity contribution in [1.82, 2.24) is 9.88 Å². The second-order valence-corrected chi connectivity index (χ2v) is 6.44. The molecular formula is C20H19F4N3O. The number of halogens is 4. The van der Waals surface area contributed by atoms with E-state index >= 15 is 0 Å². The van der Waals surface area contributed by atoms with E-state index in [0.717, 1.165) is 25.7 Å². The summed E-state index contributed by atoms with van der Waals surface area (Å²) in [7, 11) is 0. The average molecular weight is 393 g/mol. The molecule has 0 saturated carbocycles. The number of aromatic nitrogens is 1. The summed E-state index contributed by atoms with van der Waals surface area (Å²) in [6, 6.07) is 5.86. The van der Waals surface area contributed by atoms with Crippen LogP contribution in [0, 0.1) is 17.5 Å². The zero-order valence-electron chi connectivity index (χ0n) is 15.2. The molecule has 0 bridgehead atoms. The number of likely N-dealkylation sites (tertiary alicyclic amines) is 1. The van der Waals surface area contributed by atoms with E-state index in [0.29, 0.717) is 24.5 Å². The number of hydrogen-bond donors (Lipinski definition) is 1. The number of benzene rings is 1. The van der Waals surface area contributed by atoms with Crippen LogP contribution in [-0.4, -0.2) is 35.4 Å². The minimum absolute atomic E-state index is 0.0200. The Balaban J connectivity index is 1.79. The van der Waals surface area contributed by atoms with Crippen molar-refractivity contribution in [2.75, 3.05) is 25.0 Å². The van der Waals surface area contributed by atoms with Crippen LogP contribution < -0.4 is 5.32 Å². The lowest BCUT2D eigenvalue weighted by molar-refractivity contribution is 0.102. The number of nitrogens with one attached hydrogen (secondary N) is 1. The summed E-state index contributed by atoms with van der Waals surface area (Å²) in [5.41, 5.74) is 0.0488. The quantitative estimate of drug-likeness (QED) is 0.612. The highest BCUT2D eigenvalue weighted by molar-refractivity contribution is 6.04. The van der Waals surface area contributed by atoms with Gasteiger partial charge in [-0.1, -0.05) is 13.0 Å². The molecule has 148 valence electrons. The van der Waals surface area contributed by atoms with Gasteiger partial charge in [0.05, 0.1) is 5.56 Å². The van der Waals surface area contributed by atoms with E-state index < -0.39 is 34.7 Å². The fourth-order valence-corrected chi connectivity index (χ4v) is 3.05. The minimum atomic E-state index is -1.73. The third-order valence-electron chi connectivity index (χ3n) is 4.71. The molecule has 3 rings (SSSR count). The molecule has 0 spiro atoms. The summed E-state index contributed by atoms with van der Waals surface area (Å²) < 4.78 is 54.9. The minimum Gasteiger partial charge on any atom is -0.306 e. The zero-order chi connectivity index (χ0) is 20.3. The average Bonchev–Trinajstić information content (AvgIpc) is 2.71. The van der Waals surface area contributed by atoms with Gasteiger partial charge in [0.25, 0.3) is 5.91 Å². The predicted octanol–water partition coefficient (Wildman–Crippen LogP) is 4.55. The fourth-order valence-electron chi connectivity index (χ4n) is 3.05. The molecular weight excluding hydrogens is 374 g/mol. The monoisotopic (exact) mass is 393 g/mol. The number of pyridine rings is 1. The number of amides is 1. The van der Waals surface area contributed by atoms with Gasteiger partial charge in [-0.2, -0.15) is 0 Å². The number of carbonyl (C=O) groups is 1. The van der Waals surface area contributed by atoms with Gasteiger partial charge in [0.2, 0.25) is 0 Å². The molecule has 1 fully saturated rings. The van der Waals surface area contributed by atoms with Crippen molar-refractivity contribution in [1.29, 1.82) is 0 Å². The molecule has 1 aromatic heterocycles. The van der Waals surface area contributed by atoms with E-state index in [4.69, 9.17) is 0 Å². The Morgan fingerprint density at radius 2 is 1.82 bits per heavy atom. The van der Waals surface area contributed by atoms with Crippen LogP contribution in [0.1, 0.15) is 35.8 Å². The SMILES string of the molecule is CCN1CCC(=C(F)c2cccc(NC(=O)c3ccc(F)c(F)c3F)n2)CC1. The number of piperidine rings is 1. The standard InChI is InChI=1S/C20H19F4N3O/c1-2-27-10-8-12(9-11-27)17(22)15-4-3-5-16(25-15)26-20(28)13-6-7-14(21)19(24)18(13)23/h3-7H,2,8-11H2,1H3,(H,25,26,28). The Bertz CT molecular complexity index is 920. The van der Waals surface area contributed by atoms with Crippen LogP contribution in [0.2, 0.25) is 0 Å². The molecule has 1 saturated heterocycles. The zero-order valence-corrected chi connectivity index (χ0v) is 15.2. The van der Waals surface area contributed by atoms with Crippen molar-refractivity contribution < 1.29 is 22.4 Å². The first-order valence-corrected chi connectivity index (χ1v) is 8.92. The van der Waals surface area contributed by atoms with Gasteiger partial charge in [-0.05, 0) is 49.2 Å². The Labute approximate surface area is 159 Å². The molecule has 0 radical (unpaired) electrons. The maximum Gasteiger partial charge on any atom is 0.259 e. The first-order chi connectivity index (χ1) is 13.4. The van der Waals surface area contributed by atoms with Gasteiger partial charge in [0.15, 0.2) is 17.5 Å². The van der Waals surface area contributed by atoms with Gasteiger partial charge < -0.3 is 10.2 Å². The van der Waals surface area contributed by atoms with E-state index in [-0.39, 0.29) is 11.5 Å². The third-order valence-corrected chi connectivity index (χ3v) is 4.71. The topological polar surface area (TPSA) is 45.2 Å². The van der Waals surface area contributed by atoms with Crippen molar-refractivity contribution in [2.45, 2.75) is 19.8 Å². The number of anilines is 1. The van der Waals surface area contributed by atoms with Crippen LogP contribution in [0.15, 0.2) is 35.9 Å². The van der Waals surface area contributed by atoms with Gasteiger partial charge >= 0.3 is 0 Å². The second-order valence-electron chi connectivity index (χ2n) is 6.44. The first-order valence-electron chi connectivity index (χ1n) is 8.92.